The Kier molecular flexibility index (Phi) is 4.63. The number of hydrazine groups is 1. The van der Waals surface area contributed by atoms with Crippen molar-refractivity contribution in [1.82, 2.24) is 10.9 Å². The van der Waals surface area contributed by atoms with E-state index in [-0.39, 0.29) is 5.11 Å². The van der Waals surface area contributed by atoms with Gasteiger partial charge in [-0.2, -0.15) is 0 Å². The van der Waals surface area contributed by atoms with E-state index in [9.17, 15) is 0 Å². The molecule has 80 valence electrons. The van der Waals surface area contributed by atoms with Crippen molar-refractivity contribution in [2.45, 2.75) is 13.3 Å². The van der Waals surface area contributed by atoms with Crippen LogP contribution in [0.3, 0.4) is 0 Å². The fourth-order valence-corrected chi connectivity index (χ4v) is 1.24. The molecule has 4 heteroatoms. The molecular formula is C11H15N3S. The number of nitrogens with two attached hydrogens (primary N) is 1. The van der Waals surface area contributed by atoms with Crippen molar-refractivity contribution in [1.29, 1.82) is 0 Å². The fraction of sp³-hybridized carbons (Fsp3) is 0.182. The van der Waals surface area contributed by atoms with E-state index in [4.69, 9.17) is 18.0 Å². The van der Waals surface area contributed by atoms with Crippen LogP contribution in [-0.4, -0.2) is 5.11 Å². The van der Waals surface area contributed by atoms with Gasteiger partial charge >= 0.3 is 0 Å². The van der Waals surface area contributed by atoms with Gasteiger partial charge in [0, 0.05) is 0 Å². The van der Waals surface area contributed by atoms with E-state index >= 15 is 0 Å². The molecule has 1 aromatic rings. The van der Waals surface area contributed by atoms with E-state index in [1.165, 1.54) is 0 Å². The summed E-state index contributed by atoms with van der Waals surface area (Å²) in [6.07, 6.45) is 3.01. The van der Waals surface area contributed by atoms with Crippen molar-refractivity contribution < 1.29 is 0 Å². The predicted molar refractivity (Wildman–Crippen MR) is 67.8 cm³/mol. The zero-order chi connectivity index (χ0) is 11.1. The Bertz CT molecular complexity index is 346. The molecule has 0 aliphatic carbocycles. The molecule has 0 aromatic heterocycles. The highest BCUT2D eigenvalue weighted by atomic mass is 32.1. The first-order chi connectivity index (χ1) is 7.24. The Morgan fingerprint density at radius 1 is 1.33 bits per heavy atom. The zero-order valence-corrected chi connectivity index (χ0v) is 9.47. The summed E-state index contributed by atoms with van der Waals surface area (Å²) in [5.41, 5.74) is 13.1. The van der Waals surface area contributed by atoms with Crippen LogP contribution < -0.4 is 16.6 Å². The van der Waals surface area contributed by atoms with Gasteiger partial charge in [0.05, 0.1) is 5.70 Å². The highest BCUT2D eigenvalue weighted by molar-refractivity contribution is 7.80. The summed E-state index contributed by atoms with van der Waals surface area (Å²) in [5.74, 6) is 0. The van der Waals surface area contributed by atoms with Gasteiger partial charge in [0.2, 0.25) is 0 Å². The number of nitrogens with one attached hydrogen (secondary N) is 2. The van der Waals surface area contributed by atoms with E-state index in [0.717, 1.165) is 17.7 Å². The van der Waals surface area contributed by atoms with Crippen molar-refractivity contribution in [2.75, 3.05) is 0 Å². The SMILES string of the molecule is CC/C=C(/NNC(N)=S)c1ccccc1. The molecule has 1 aromatic carbocycles. The maximum absolute atomic E-state index is 5.35. The Hall–Kier alpha value is -1.55. The van der Waals surface area contributed by atoms with E-state index in [1.54, 1.807) is 0 Å². The lowest BCUT2D eigenvalue weighted by Crippen LogP contribution is -2.39. The lowest BCUT2D eigenvalue weighted by molar-refractivity contribution is 0.840. The maximum atomic E-state index is 5.35. The van der Waals surface area contributed by atoms with Gasteiger partial charge in [0.25, 0.3) is 0 Å². The third-order valence-corrected chi connectivity index (χ3v) is 1.92. The molecule has 0 spiro atoms. The third kappa shape index (κ3) is 3.99. The Morgan fingerprint density at radius 3 is 2.53 bits per heavy atom. The molecule has 0 amide bonds. The van der Waals surface area contributed by atoms with Gasteiger partial charge in [-0.05, 0) is 24.2 Å². The van der Waals surface area contributed by atoms with Crippen LogP contribution in [0, 0.1) is 0 Å². The van der Waals surface area contributed by atoms with E-state index in [1.807, 2.05) is 30.3 Å². The molecule has 0 saturated carbocycles. The fourth-order valence-electron chi connectivity index (χ4n) is 1.19. The van der Waals surface area contributed by atoms with Gasteiger partial charge in [-0.25, -0.2) is 0 Å². The number of hydrogen-bond donors (Lipinski definition) is 3. The average molecular weight is 221 g/mol. The second-order valence-corrected chi connectivity index (χ2v) is 3.45. The summed E-state index contributed by atoms with van der Waals surface area (Å²) in [7, 11) is 0. The molecule has 0 unspecified atom stereocenters. The highest BCUT2D eigenvalue weighted by Gasteiger charge is 1.98. The number of benzene rings is 1. The van der Waals surface area contributed by atoms with Crippen molar-refractivity contribution in [3.05, 3.63) is 42.0 Å². The zero-order valence-electron chi connectivity index (χ0n) is 8.66. The normalized spacial score (nSPS) is 10.9. The topological polar surface area (TPSA) is 50.1 Å². The number of rotatable bonds is 4. The summed E-state index contributed by atoms with van der Waals surface area (Å²) in [4.78, 5) is 0. The number of allylic oxidation sites excluding steroid dienone is 1. The first-order valence-electron chi connectivity index (χ1n) is 4.81. The average Bonchev–Trinajstić information content (AvgIpc) is 2.25. The Labute approximate surface area is 95.3 Å². The Balaban J connectivity index is 2.75. The molecule has 0 aliphatic rings. The van der Waals surface area contributed by atoms with Crippen LogP contribution in [0.1, 0.15) is 18.9 Å². The quantitative estimate of drug-likeness (QED) is 0.536. The summed E-state index contributed by atoms with van der Waals surface area (Å²) in [6, 6.07) is 10.0. The highest BCUT2D eigenvalue weighted by Crippen LogP contribution is 2.10. The molecule has 15 heavy (non-hydrogen) atoms. The molecule has 0 atom stereocenters. The predicted octanol–water partition coefficient (Wildman–Crippen LogP) is 1.78. The maximum Gasteiger partial charge on any atom is 0.182 e. The smallest absolute Gasteiger partial charge is 0.182 e. The molecule has 0 aliphatic heterocycles. The van der Waals surface area contributed by atoms with Crippen molar-refractivity contribution in [3.63, 3.8) is 0 Å². The van der Waals surface area contributed by atoms with E-state index < -0.39 is 0 Å². The lowest BCUT2D eigenvalue weighted by Gasteiger charge is -2.12. The van der Waals surface area contributed by atoms with E-state index in [2.05, 4.69) is 23.9 Å². The molecule has 0 heterocycles. The van der Waals surface area contributed by atoms with Crippen LogP contribution in [-0.2, 0) is 0 Å². The molecule has 3 nitrogen and oxygen atoms in total. The second-order valence-electron chi connectivity index (χ2n) is 3.01. The molecule has 0 radical (unpaired) electrons. The minimum absolute atomic E-state index is 0.230. The first kappa shape index (κ1) is 11.5. The second kappa shape index (κ2) is 6.03. The van der Waals surface area contributed by atoms with Crippen LogP contribution in [0.15, 0.2) is 36.4 Å². The summed E-state index contributed by atoms with van der Waals surface area (Å²) >= 11 is 4.72. The van der Waals surface area contributed by atoms with Crippen molar-refractivity contribution in [3.8, 4) is 0 Å². The largest absolute Gasteiger partial charge is 0.375 e. The summed E-state index contributed by atoms with van der Waals surface area (Å²) < 4.78 is 0. The van der Waals surface area contributed by atoms with Crippen LogP contribution in [0.4, 0.5) is 0 Å². The summed E-state index contributed by atoms with van der Waals surface area (Å²) in [6.45, 7) is 2.07. The molecule has 0 fully saturated rings. The first-order valence-corrected chi connectivity index (χ1v) is 5.22. The minimum Gasteiger partial charge on any atom is -0.375 e. The molecule has 0 saturated heterocycles. The molecule has 4 N–H and O–H groups in total. The van der Waals surface area contributed by atoms with Gasteiger partial charge in [-0.3, -0.25) is 10.9 Å². The lowest BCUT2D eigenvalue weighted by atomic mass is 10.1. The molecule has 1 rings (SSSR count). The Morgan fingerprint density at radius 2 is 2.00 bits per heavy atom. The monoisotopic (exact) mass is 221 g/mol. The van der Waals surface area contributed by atoms with Gasteiger partial charge in [-0.15, -0.1) is 0 Å². The number of hydrogen-bond acceptors (Lipinski definition) is 2. The van der Waals surface area contributed by atoms with Crippen LogP contribution in [0.2, 0.25) is 0 Å². The van der Waals surface area contributed by atoms with Crippen LogP contribution in [0.5, 0.6) is 0 Å². The summed E-state index contributed by atoms with van der Waals surface area (Å²) in [5, 5.41) is 0.230. The molecule has 0 bridgehead atoms. The third-order valence-electron chi connectivity index (χ3n) is 1.81. The minimum atomic E-state index is 0.230. The van der Waals surface area contributed by atoms with Gasteiger partial charge < -0.3 is 5.73 Å². The van der Waals surface area contributed by atoms with E-state index in [0.29, 0.717) is 0 Å². The van der Waals surface area contributed by atoms with Crippen LogP contribution >= 0.6 is 12.2 Å². The van der Waals surface area contributed by atoms with Crippen LogP contribution in [0.25, 0.3) is 5.70 Å². The van der Waals surface area contributed by atoms with Crippen molar-refractivity contribution in [2.24, 2.45) is 5.73 Å². The van der Waals surface area contributed by atoms with Gasteiger partial charge in [0.1, 0.15) is 0 Å². The number of thiocarbonyl (C=S) groups is 1. The standard InChI is InChI=1S/C11H15N3S/c1-2-6-10(13-14-11(12)15)9-7-4-3-5-8-9/h3-8,13H,2H2,1H3,(H3,12,14,15)/b10-6+. The van der Waals surface area contributed by atoms with Gasteiger partial charge in [0.15, 0.2) is 5.11 Å². The van der Waals surface area contributed by atoms with Gasteiger partial charge in [-0.1, -0.05) is 43.3 Å². The van der Waals surface area contributed by atoms with Crippen molar-refractivity contribution >= 4 is 23.0 Å². The molecular weight excluding hydrogens is 206 g/mol.